The zero-order chi connectivity index (χ0) is 13.6. The predicted octanol–water partition coefficient (Wildman–Crippen LogP) is 4.64. The van der Waals surface area contributed by atoms with Gasteiger partial charge in [-0.1, -0.05) is 11.6 Å². The number of fused-ring (bicyclic) bond motifs is 1. The number of hydrogen-bond acceptors (Lipinski definition) is 3. The first-order valence-corrected chi connectivity index (χ1v) is 7.00. The summed E-state index contributed by atoms with van der Waals surface area (Å²) in [6, 6.07) is 5.82. The van der Waals surface area contributed by atoms with E-state index >= 15 is 0 Å². The number of benzene rings is 1. The van der Waals surface area contributed by atoms with Gasteiger partial charge in [0.15, 0.2) is 0 Å². The van der Waals surface area contributed by atoms with Gasteiger partial charge in [0.1, 0.15) is 17.2 Å². The molecule has 1 atom stereocenters. The van der Waals surface area contributed by atoms with E-state index in [2.05, 4.69) is 0 Å². The van der Waals surface area contributed by atoms with Crippen LogP contribution in [0.4, 0.5) is 4.39 Å². The molecule has 0 aliphatic carbocycles. The van der Waals surface area contributed by atoms with Crippen LogP contribution >= 0.6 is 22.9 Å². The zero-order valence-corrected chi connectivity index (χ0v) is 11.7. The molecule has 0 spiro atoms. The molecule has 0 aliphatic heterocycles. The molecule has 0 saturated heterocycles. The molecule has 3 aromatic rings. The van der Waals surface area contributed by atoms with E-state index in [1.165, 1.54) is 23.5 Å². The van der Waals surface area contributed by atoms with Gasteiger partial charge in [-0.05, 0) is 36.6 Å². The normalized spacial score (nSPS) is 13.1. The second kappa shape index (κ2) is 4.63. The van der Waals surface area contributed by atoms with Gasteiger partial charge in [0, 0.05) is 15.8 Å². The van der Waals surface area contributed by atoms with Crippen molar-refractivity contribution in [1.29, 1.82) is 0 Å². The molecule has 0 aliphatic rings. The first-order valence-electron chi connectivity index (χ1n) is 5.75. The summed E-state index contributed by atoms with van der Waals surface area (Å²) in [5.41, 5.74) is 7.69. The minimum Gasteiger partial charge on any atom is -0.459 e. The van der Waals surface area contributed by atoms with Gasteiger partial charge in [0.2, 0.25) is 0 Å². The van der Waals surface area contributed by atoms with Crippen LogP contribution in [0.3, 0.4) is 0 Å². The van der Waals surface area contributed by atoms with Crippen LogP contribution < -0.4 is 5.73 Å². The van der Waals surface area contributed by atoms with Gasteiger partial charge < -0.3 is 10.2 Å². The van der Waals surface area contributed by atoms with E-state index in [-0.39, 0.29) is 5.82 Å². The highest BCUT2D eigenvalue weighted by atomic mass is 35.5. The summed E-state index contributed by atoms with van der Waals surface area (Å²) in [6.45, 7) is 1.88. The first kappa shape index (κ1) is 12.7. The Morgan fingerprint density at radius 3 is 2.84 bits per heavy atom. The highest BCUT2D eigenvalue weighted by molar-refractivity contribution is 7.10. The quantitative estimate of drug-likeness (QED) is 0.748. The zero-order valence-electron chi connectivity index (χ0n) is 10.1. The van der Waals surface area contributed by atoms with Crippen LogP contribution in [0.25, 0.3) is 11.0 Å². The van der Waals surface area contributed by atoms with Crippen LogP contribution in [0.1, 0.15) is 22.2 Å². The van der Waals surface area contributed by atoms with Crippen LogP contribution in [-0.2, 0) is 0 Å². The first-order chi connectivity index (χ1) is 9.08. The lowest BCUT2D eigenvalue weighted by Gasteiger charge is -2.08. The summed E-state index contributed by atoms with van der Waals surface area (Å²) < 4.78 is 19.0. The smallest absolute Gasteiger partial charge is 0.134 e. The van der Waals surface area contributed by atoms with Crippen LogP contribution in [0.15, 0.2) is 34.1 Å². The molecular weight excluding hydrogens is 285 g/mol. The highest BCUT2D eigenvalue weighted by Gasteiger charge is 2.21. The summed E-state index contributed by atoms with van der Waals surface area (Å²) in [5.74, 6) is 0.343. The lowest BCUT2D eigenvalue weighted by atomic mass is 10.1. The lowest BCUT2D eigenvalue weighted by molar-refractivity contribution is 0.523. The van der Waals surface area contributed by atoms with Crippen molar-refractivity contribution in [2.45, 2.75) is 13.0 Å². The molecule has 0 fully saturated rings. The average molecular weight is 296 g/mol. The second-order valence-corrected chi connectivity index (χ2v) is 5.70. The maximum atomic E-state index is 13.3. The molecule has 98 valence electrons. The Balaban J connectivity index is 2.15. The van der Waals surface area contributed by atoms with Crippen LogP contribution in [0.5, 0.6) is 0 Å². The number of nitrogens with two attached hydrogens (primary N) is 1. The molecule has 0 bridgehead atoms. The topological polar surface area (TPSA) is 39.2 Å². The van der Waals surface area contributed by atoms with Crippen molar-refractivity contribution in [1.82, 2.24) is 0 Å². The van der Waals surface area contributed by atoms with Gasteiger partial charge in [-0.2, -0.15) is 0 Å². The molecular formula is C14H11ClFNOS. The number of hydrogen-bond donors (Lipinski definition) is 1. The van der Waals surface area contributed by atoms with E-state index in [4.69, 9.17) is 21.8 Å². The van der Waals surface area contributed by atoms with E-state index in [1.54, 1.807) is 12.1 Å². The van der Waals surface area contributed by atoms with Crippen molar-refractivity contribution in [3.05, 3.63) is 56.7 Å². The number of aryl methyl sites for hydroxylation is 1. The molecule has 2 N–H and O–H groups in total. The molecule has 3 rings (SSSR count). The average Bonchev–Trinajstić information content (AvgIpc) is 2.94. The van der Waals surface area contributed by atoms with Crippen LogP contribution in [0.2, 0.25) is 5.02 Å². The molecule has 0 amide bonds. The molecule has 0 saturated carbocycles. The van der Waals surface area contributed by atoms with E-state index < -0.39 is 6.04 Å². The van der Waals surface area contributed by atoms with E-state index in [1.807, 2.05) is 12.3 Å². The molecule has 19 heavy (non-hydrogen) atoms. The van der Waals surface area contributed by atoms with Crippen molar-refractivity contribution in [2.75, 3.05) is 0 Å². The summed E-state index contributed by atoms with van der Waals surface area (Å²) in [4.78, 5) is 0.851. The highest BCUT2D eigenvalue weighted by Crippen LogP contribution is 2.36. The monoisotopic (exact) mass is 295 g/mol. The number of rotatable bonds is 2. The fraction of sp³-hybridized carbons (Fsp3) is 0.143. The molecule has 1 aromatic carbocycles. The van der Waals surface area contributed by atoms with Crippen molar-refractivity contribution < 1.29 is 8.81 Å². The van der Waals surface area contributed by atoms with Gasteiger partial charge in [0.25, 0.3) is 0 Å². The fourth-order valence-electron chi connectivity index (χ4n) is 2.16. The van der Waals surface area contributed by atoms with Gasteiger partial charge in [0.05, 0.1) is 11.1 Å². The van der Waals surface area contributed by atoms with Crippen molar-refractivity contribution in [2.24, 2.45) is 5.73 Å². The Labute approximate surface area is 118 Å². The fourth-order valence-corrected chi connectivity index (χ4v) is 3.33. The number of halogens is 2. The summed E-state index contributed by atoms with van der Waals surface area (Å²) >= 11 is 7.57. The van der Waals surface area contributed by atoms with Gasteiger partial charge in [-0.3, -0.25) is 0 Å². The third-order valence-electron chi connectivity index (χ3n) is 3.14. The maximum Gasteiger partial charge on any atom is 0.134 e. The lowest BCUT2D eigenvalue weighted by Crippen LogP contribution is -2.10. The van der Waals surface area contributed by atoms with E-state index in [0.29, 0.717) is 16.4 Å². The molecule has 5 heteroatoms. The van der Waals surface area contributed by atoms with Crippen molar-refractivity contribution in [3.8, 4) is 0 Å². The molecule has 2 nitrogen and oxygen atoms in total. The number of furan rings is 1. The Morgan fingerprint density at radius 2 is 2.16 bits per heavy atom. The minimum absolute atomic E-state index is 0.286. The molecule has 0 radical (unpaired) electrons. The Kier molecular flexibility index (Phi) is 3.09. The third-order valence-corrected chi connectivity index (χ3v) is 4.59. The Bertz CT molecular complexity index is 749. The van der Waals surface area contributed by atoms with E-state index in [0.717, 1.165) is 15.8 Å². The predicted molar refractivity (Wildman–Crippen MR) is 76.3 cm³/mol. The van der Waals surface area contributed by atoms with Gasteiger partial charge >= 0.3 is 0 Å². The van der Waals surface area contributed by atoms with Crippen LogP contribution in [-0.4, -0.2) is 0 Å². The summed E-state index contributed by atoms with van der Waals surface area (Å²) in [6.07, 6.45) is 0. The maximum absolute atomic E-state index is 13.3. The van der Waals surface area contributed by atoms with Crippen LogP contribution in [0, 0.1) is 12.7 Å². The standard InChI is InChI=1S/C14H11ClFNOS/c1-7-9-6-8(16)2-3-11(9)18-13(7)12(17)14-10(15)4-5-19-14/h2-6,12H,17H2,1H3. The Hall–Kier alpha value is -1.36. The molecule has 2 heterocycles. The SMILES string of the molecule is Cc1c(C(N)c2sccc2Cl)oc2ccc(F)cc12. The van der Waals surface area contributed by atoms with Crippen molar-refractivity contribution in [3.63, 3.8) is 0 Å². The van der Waals surface area contributed by atoms with Crippen molar-refractivity contribution >= 4 is 33.9 Å². The minimum atomic E-state index is -0.428. The van der Waals surface area contributed by atoms with E-state index in [9.17, 15) is 4.39 Å². The second-order valence-electron chi connectivity index (χ2n) is 4.34. The third kappa shape index (κ3) is 2.06. The van der Waals surface area contributed by atoms with Gasteiger partial charge in [-0.15, -0.1) is 11.3 Å². The summed E-state index contributed by atoms with van der Waals surface area (Å²) in [7, 11) is 0. The number of thiophene rings is 1. The summed E-state index contributed by atoms with van der Waals surface area (Å²) in [5, 5.41) is 3.26. The molecule has 2 aromatic heterocycles. The largest absolute Gasteiger partial charge is 0.459 e. The molecule has 1 unspecified atom stereocenters. The van der Waals surface area contributed by atoms with Gasteiger partial charge in [-0.25, -0.2) is 4.39 Å². The Morgan fingerprint density at radius 1 is 1.37 bits per heavy atom.